The molecular weight excluding hydrogens is 382 g/mol. The molecule has 0 aliphatic heterocycles. The Bertz CT molecular complexity index is 1040. The summed E-state index contributed by atoms with van der Waals surface area (Å²) in [6, 6.07) is 30.1. The number of rotatable bonds is 6. The van der Waals surface area contributed by atoms with E-state index >= 15 is 0 Å². The molecule has 0 atom stereocenters. The lowest BCUT2D eigenvalue weighted by Crippen LogP contribution is -1.95. The van der Waals surface area contributed by atoms with Gasteiger partial charge in [-0.2, -0.15) is 0 Å². The van der Waals surface area contributed by atoms with E-state index in [0.717, 1.165) is 27.8 Å². The molecule has 0 bridgehead atoms. The fourth-order valence-corrected chi connectivity index (χ4v) is 5.04. The van der Waals surface area contributed by atoms with Crippen molar-refractivity contribution in [3.63, 3.8) is 0 Å². The number of carbonyl (C=O) groups excluding carboxylic acids is 1. The second kappa shape index (κ2) is 9.00. The normalized spacial score (nSPS) is 10.7. The van der Waals surface area contributed by atoms with Gasteiger partial charge in [0.15, 0.2) is 0 Å². The molecule has 0 aliphatic carbocycles. The second-order valence-electron chi connectivity index (χ2n) is 6.42. The highest BCUT2D eigenvalue weighted by Crippen LogP contribution is 2.32. The Hall–Kier alpha value is -2.69. The molecule has 4 aromatic rings. The van der Waals surface area contributed by atoms with Gasteiger partial charge in [-0.25, -0.2) is 4.98 Å². The maximum Gasteiger partial charge on any atom is 0.225 e. The summed E-state index contributed by atoms with van der Waals surface area (Å²) in [6.45, 7) is 0. The fraction of sp³-hybridized carbons (Fsp3) is 0.0833. The average Bonchev–Trinajstić information content (AvgIpc) is 3.10. The Morgan fingerprint density at radius 3 is 1.89 bits per heavy atom. The van der Waals surface area contributed by atoms with Crippen molar-refractivity contribution >= 4 is 28.2 Å². The molecule has 0 saturated heterocycles. The van der Waals surface area contributed by atoms with Crippen LogP contribution < -0.4 is 0 Å². The molecule has 0 amide bonds. The molecule has 0 saturated carbocycles. The van der Waals surface area contributed by atoms with E-state index in [1.54, 1.807) is 11.3 Å². The Labute approximate surface area is 173 Å². The molecule has 4 rings (SSSR count). The summed E-state index contributed by atoms with van der Waals surface area (Å²) in [5, 5.41) is 1.90. The first-order valence-corrected chi connectivity index (χ1v) is 10.7. The first-order valence-electron chi connectivity index (χ1n) is 9.11. The number of thiazole rings is 1. The summed E-state index contributed by atoms with van der Waals surface area (Å²) in [5.41, 5.74) is 3.16. The van der Waals surface area contributed by atoms with Gasteiger partial charge >= 0.3 is 0 Å². The highest BCUT2D eigenvalue weighted by molar-refractivity contribution is 8.14. The van der Waals surface area contributed by atoms with Crippen molar-refractivity contribution in [2.75, 3.05) is 0 Å². The van der Waals surface area contributed by atoms with E-state index in [1.165, 1.54) is 22.9 Å². The van der Waals surface area contributed by atoms with E-state index in [-0.39, 0.29) is 5.12 Å². The van der Waals surface area contributed by atoms with Gasteiger partial charge in [-0.15, -0.1) is 11.3 Å². The number of carbonyl (C=O) groups is 1. The van der Waals surface area contributed by atoms with E-state index in [0.29, 0.717) is 5.56 Å². The van der Waals surface area contributed by atoms with E-state index < -0.39 is 0 Å². The first kappa shape index (κ1) is 18.7. The summed E-state index contributed by atoms with van der Waals surface area (Å²) in [5.74, 6) is 0. The van der Waals surface area contributed by atoms with Crippen LogP contribution in [0, 0.1) is 0 Å². The summed E-state index contributed by atoms with van der Waals surface area (Å²) in [6.07, 6.45) is 1.57. The predicted molar refractivity (Wildman–Crippen MR) is 117 cm³/mol. The number of hydrogen-bond donors (Lipinski definition) is 0. The molecule has 0 spiro atoms. The third kappa shape index (κ3) is 4.77. The molecule has 1 aromatic heterocycles. The third-order valence-electron chi connectivity index (χ3n) is 4.31. The third-order valence-corrected chi connectivity index (χ3v) is 6.45. The van der Waals surface area contributed by atoms with Crippen LogP contribution in [0.3, 0.4) is 0 Å². The van der Waals surface area contributed by atoms with Gasteiger partial charge in [0.05, 0.1) is 5.01 Å². The maximum atomic E-state index is 12.7. The standard InChI is InChI=1S/C24H19NOS2/c26-24(20-14-8-3-9-15-20)28-23-21(16-18-10-4-1-5-11-18)27-22(25-23)17-19-12-6-2-7-13-19/h1-15H,16-17H2. The van der Waals surface area contributed by atoms with Gasteiger partial charge in [0.1, 0.15) is 5.03 Å². The van der Waals surface area contributed by atoms with Crippen LogP contribution in [0.4, 0.5) is 0 Å². The first-order chi connectivity index (χ1) is 13.8. The van der Waals surface area contributed by atoms with Gasteiger partial charge in [-0.3, -0.25) is 4.79 Å². The quantitative estimate of drug-likeness (QED) is 0.357. The van der Waals surface area contributed by atoms with Crippen molar-refractivity contribution in [3.05, 3.63) is 118 Å². The smallest absolute Gasteiger partial charge is 0.225 e. The van der Waals surface area contributed by atoms with Crippen LogP contribution in [0.5, 0.6) is 0 Å². The van der Waals surface area contributed by atoms with Gasteiger partial charge in [0, 0.05) is 23.3 Å². The number of thioether (sulfide) groups is 1. The van der Waals surface area contributed by atoms with Gasteiger partial charge in [-0.1, -0.05) is 91.0 Å². The van der Waals surface area contributed by atoms with Gasteiger partial charge in [0.2, 0.25) is 5.12 Å². The van der Waals surface area contributed by atoms with E-state index in [9.17, 15) is 4.79 Å². The molecular formula is C24H19NOS2. The average molecular weight is 402 g/mol. The monoisotopic (exact) mass is 401 g/mol. The van der Waals surface area contributed by atoms with Crippen molar-refractivity contribution in [2.24, 2.45) is 0 Å². The Balaban J connectivity index is 1.61. The van der Waals surface area contributed by atoms with Crippen LogP contribution in [0.2, 0.25) is 0 Å². The summed E-state index contributed by atoms with van der Waals surface area (Å²) in [7, 11) is 0. The van der Waals surface area contributed by atoms with E-state index in [1.807, 2.05) is 66.7 Å². The van der Waals surface area contributed by atoms with Crippen LogP contribution in [0.25, 0.3) is 0 Å². The van der Waals surface area contributed by atoms with Crippen LogP contribution >= 0.6 is 23.1 Å². The van der Waals surface area contributed by atoms with Crippen LogP contribution in [-0.2, 0) is 12.8 Å². The number of nitrogens with zero attached hydrogens (tertiary/aromatic N) is 1. The van der Waals surface area contributed by atoms with Crippen LogP contribution in [0.1, 0.15) is 31.4 Å². The molecule has 0 N–H and O–H groups in total. The number of hydrogen-bond acceptors (Lipinski definition) is 4. The Kier molecular flexibility index (Phi) is 6.00. The molecule has 2 nitrogen and oxygen atoms in total. The topological polar surface area (TPSA) is 30.0 Å². The molecule has 28 heavy (non-hydrogen) atoms. The molecule has 138 valence electrons. The van der Waals surface area contributed by atoms with Crippen molar-refractivity contribution < 1.29 is 4.79 Å². The fourth-order valence-electron chi connectivity index (χ4n) is 2.92. The summed E-state index contributed by atoms with van der Waals surface area (Å²) in [4.78, 5) is 18.7. The SMILES string of the molecule is O=C(Sc1nc(Cc2ccccc2)sc1Cc1ccccc1)c1ccccc1. The minimum atomic E-state index is 0.0338. The molecule has 0 aliphatic rings. The highest BCUT2D eigenvalue weighted by atomic mass is 32.2. The van der Waals surface area contributed by atoms with Crippen molar-refractivity contribution in [3.8, 4) is 0 Å². The zero-order valence-electron chi connectivity index (χ0n) is 15.2. The minimum Gasteiger partial charge on any atom is -0.281 e. The van der Waals surface area contributed by atoms with Gasteiger partial charge in [0.25, 0.3) is 0 Å². The molecule has 0 fully saturated rings. The molecule has 3 aromatic carbocycles. The summed E-state index contributed by atoms with van der Waals surface area (Å²) >= 11 is 2.94. The Morgan fingerprint density at radius 2 is 1.29 bits per heavy atom. The number of aromatic nitrogens is 1. The lowest BCUT2D eigenvalue weighted by atomic mass is 10.1. The molecule has 4 heteroatoms. The lowest BCUT2D eigenvalue weighted by Gasteiger charge is -2.02. The zero-order valence-corrected chi connectivity index (χ0v) is 16.9. The van der Waals surface area contributed by atoms with Crippen molar-refractivity contribution in [1.29, 1.82) is 0 Å². The largest absolute Gasteiger partial charge is 0.281 e. The van der Waals surface area contributed by atoms with E-state index in [4.69, 9.17) is 4.98 Å². The number of benzene rings is 3. The lowest BCUT2D eigenvalue weighted by molar-refractivity contribution is 0.108. The second-order valence-corrected chi connectivity index (χ2v) is 8.55. The zero-order chi connectivity index (χ0) is 19.2. The molecule has 0 radical (unpaired) electrons. The van der Waals surface area contributed by atoms with Crippen molar-refractivity contribution in [1.82, 2.24) is 4.98 Å². The minimum absolute atomic E-state index is 0.0338. The molecule has 0 unspecified atom stereocenters. The van der Waals surface area contributed by atoms with Crippen LogP contribution in [-0.4, -0.2) is 10.1 Å². The summed E-state index contributed by atoms with van der Waals surface area (Å²) < 4.78 is 0. The maximum absolute atomic E-state index is 12.7. The highest BCUT2D eigenvalue weighted by Gasteiger charge is 2.17. The Morgan fingerprint density at radius 1 is 0.750 bits per heavy atom. The van der Waals surface area contributed by atoms with Gasteiger partial charge in [-0.05, 0) is 22.9 Å². The molecule has 1 heterocycles. The van der Waals surface area contributed by atoms with E-state index in [2.05, 4.69) is 24.3 Å². The van der Waals surface area contributed by atoms with Crippen molar-refractivity contribution in [2.45, 2.75) is 17.9 Å². The van der Waals surface area contributed by atoms with Crippen LogP contribution in [0.15, 0.2) is 96.0 Å². The van der Waals surface area contributed by atoms with Gasteiger partial charge < -0.3 is 0 Å². The predicted octanol–water partition coefficient (Wildman–Crippen LogP) is 6.26.